The molecular weight excluding hydrogens is 364 g/mol. The highest BCUT2D eigenvalue weighted by molar-refractivity contribution is 5.93. The largest absolute Gasteiger partial charge is 0.478 e. The van der Waals surface area contributed by atoms with Gasteiger partial charge in [-0.25, -0.2) is 9.59 Å². The lowest BCUT2D eigenvalue weighted by Crippen LogP contribution is -2.12. The second-order valence-electron chi connectivity index (χ2n) is 8.17. The summed E-state index contributed by atoms with van der Waals surface area (Å²) in [5, 5.41) is 19.3. The SMILES string of the molecule is Cc1c(C)c(CCCc2c(C)c(C)c(C)c(C(=O)O)c2C)c(C)c(C(=O)O)c1C. The van der Waals surface area contributed by atoms with Crippen molar-refractivity contribution >= 4 is 11.9 Å². The van der Waals surface area contributed by atoms with Gasteiger partial charge in [0.1, 0.15) is 0 Å². The summed E-state index contributed by atoms with van der Waals surface area (Å²) in [7, 11) is 0. The van der Waals surface area contributed by atoms with E-state index in [0.717, 1.165) is 74.9 Å². The van der Waals surface area contributed by atoms with Gasteiger partial charge in [-0.15, -0.1) is 0 Å². The van der Waals surface area contributed by atoms with Gasteiger partial charge in [0.2, 0.25) is 0 Å². The number of benzene rings is 2. The van der Waals surface area contributed by atoms with E-state index in [-0.39, 0.29) is 0 Å². The number of hydrogen-bond acceptors (Lipinski definition) is 2. The summed E-state index contributed by atoms with van der Waals surface area (Å²) in [6.45, 7) is 15.6. The molecule has 0 aliphatic heterocycles. The van der Waals surface area contributed by atoms with Crippen LogP contribution >= 0.6 is 0 Å². The van der Waals surface area contributed by atoms with E-state index in [0.29, 0.717) is 11.1 Å². The Balaban J connectivity index is 2.42. The van der Waals surface area contributed by atoms with Crippen molar-refractivity contribution in [3.8, 4) is 0 Å². The van der Waals surface area contributed by atoms with Crippen molar-refractivity contribution < 1.29 is 19.8 Å². The minimum absolute atomic E-state index is 0.412. The van der Waals surface area contributed by atoms with Gasteiger partial charge in [-0.1, -0.05) is 0 Å². The van der Waals surface area contributed by atoms with E-state index in [2.05, 4.69) is 13.8 Å². The summed E-state index contributed by atoms with van der Waals surface area (Å²) in [5.41, 5.74) is 10.8. The van der Waals surface area contributed by atoms with Crippen molar-refractivity contribution in [2.24, 2.45) is 0 Å². The second-order valence-corrected chi connectivity index (χ2v) is 8.17. The van der Waals surface area contributed by atoms with Crippen LogP contribution in [0, 0.1) is 55.4 Å². The molecule has 29 heavy (non-hydrogen) atoms. The van der Waals surface area contributed by atoms with Crippen molar-refractivity contribution in [2.45, 2.75) is 74.7 Å². The van der Waals surface area contributed by atoms with Crippen LogP contribution in [0.2, 0.25) is 0 Å². The normalized spacial score (nSPS) is 11.0. The molecule has 2 aromatic rings. The standard InChI is InChI=1S/C25H32O4/c1-12-14(3)20(18(7)22(16(12)5)24(26)27)10-9-11-21-15(4)13(2)17(6)23(19(21)8)25(28)29/h9-11H2,1-8H3,(H,26,27)(H,28,29). The summed E-state index contributed by atoms with van der Waals surface area (Å²) < 4.78 is 0. The van der Waals surface area contributed by atoms with Crippen LogP contribution in [0.5, 0.6) is 0 Å². The van der Waals surface area contributed by atoms with Crippen LogP contribution < -0.4 is 0 Å². The summed E-state index contributed by atoms with van der Waals surface area (Å²) in [5.74, 6) is -1.76. The van der Waals surface area contributed by atoms with E-state index in [1.54, 1.807) is 0 Å². The minimum atomic E-state index is -0.878. The van der Waals surface area contributed by atoms with Crippen LogP contribution in [0.15, 0.2) is 0 Å². The molecule has 0 saturated heterocycles. The molecule has 0 atom stereocenters. The molecule has 0 saturated carbocycles. The third-order valence-corrected chi connectivity index (χ3v) is 6.84. The second kappa shape index (κ2) is 8.40. The fraction of sp³-hybridized carbons (Fsp3) is 0.440. The maximum Gasteiger partial charge on any atom is 0.336 e. The van der Waals surface area contributed by atoms with E-state index in [1.807, 2.05) is 41.5 Å². The Labute approximate surface area is 173 Å². The quantitative estimate of drug-likeness (QED) is 0.654. The first-order chi connectivity index (χ1) is 13.4. The predicted octanol–water partition coefficient (Wildman–Crippen LogP) is 5.73. The number of rotatable bonds is 6. The van der Waals surface area contributed by atoms with Crippen molar-refractivity contribution in [3.05, 3.63) is 66.8 Å². The van der Waals surface area contributed by atoms with Crippen LogP contribution in [0.4, 0.5) is 0 Å². The molecule has 0 spiro atoms. The highest BCUT2D eigenvalue weighted by atomic mass is 16.4. The Morgan fingerprint density at radius 2 is 0.828 bits per heavy atom. The molecule has 0 radical (unpaired) electrons. The maximum absolute atomic E-state index is 11.8. The zero-order chi connectivity index (χ0) is 22.2. The van der Waals surface area contributed by atoms with Gasteiger partial charge in [-0.05, 0) is 130 Å². The molecule has 0 fully saturated rings. The molecule has 0 amide bonds. The number of carboxylic acids is 2. The number of carbonyl (C=O) groups is 2. The third kappa shape index (κ3) is 3.93. The van der Waals surface area contributed by atoms with Crippen LogP contribution in [0.3, 0.4) is 0 Å². The topological polar surface area (TPSA) is 74.6 Å². The molecule has 0 aliphatic carbocycles. The van der Waals surface area contributed by atoms with Crippen LogP contribution in [-0.4, -0.2) is 22.2 Å². The van der Waals surface area contributed by atoms with Gasteiger partial charge in [-0.3, -0.25) is 0 Å². The summed E-state index contributed by atoms with van der Waals surface area (Å²) in [4.78, 5) is 23.5. The summed E-state index contributed by atoms with van der Waals surface area (Å²) in [6.07, 6.45) is 2.38. The average Bonchev–Trinajstić information content (AvgIpc) is 2.63. The first-order valence-corrected chi connectivity index (χ1v) is 10.1. The fourth-order valence-corrected chi connectivity index (χ4v) is 4.65. The van der Waals surface area contributed by atoms with E-state index < -0.39 is 11.9 Å². The van der Waals surface area contributed by atoms with Crippen LogP contribution in [0.25, 0.3) is 0 Å². The molecule has 0 aliphatic rings. The van der Waals surface area contributed by atoms with Gasteiger partial charge in [0.15, 0.2) is 0 Å². The molecule has 2 rings (SSSR count). The zero-order valence-electron chi connectivity index (χ0n) is 18.8. The number of hydrogen-bond donors (Lipinski definition) is 2. The van der Waals surface area contributed by atoms with E-state index in [1.165, 1.54) is 0 Å². The predicted molar refractivity (Wildman–Crippen MR) is 117 cm³/mol. The molecule has 0 aromatic heterocycles. The number of carboxylic acid groups (broad SMARTS) is 2. The van der Waals surface area contributed by atoms with Crippen LogP contribution in [0.1, 0.15) is 82.8 Å². The lowest BCUT2D eigenvalue weighted by molar-refractivity contribution is 0.0684. The monoisotopic (exact) mass is 396 g/mol. The molecular formula is C25H32O4. The minimum Gasteiger partial charge on any atom is -0.478 e. The van der Waals surface area contributed by atoms with Gasteiger partial charge in [0, 0.05) is 0 Å². The van der Waals surface area contributed by atoms with Gasteiger partial charge >= 0.3 is 11.9 Å². The molecule has 4 nitrogen and oxygen atoms in total. The van der Waals surface area contributed by atoms with Gasteiger partial charge in [0.05, 0.1) is 11.1 Å². The maximum atomic E-state index is 11.8. The fourth-order valence-electron chi connectivity index (χ4n) is 4.65. The molecule has 2 N–H and O–H groups in total. The van der Waals surface area contributed by atoms with Gasteiger partial charge in [0.25, 0.3) is 0 Å². The Morgan fingerprint density at radius 3 is 1.10 bits per heavy atom. The van der Waals surface area contributed by atoms with Crippen LogP contribution in [-0.2, 0) is 12.8 Å². The zero-order valence-corrected chi connectivity index (χ0v) is 18.8. The molecule has 156 valence electrons. The van der Waals surface area contributed by atoms with E-state index in [9.17, 15) is 19.8 Å². The molecule has 0 heterocycles. The first-order valence-electron chi connectivity index (χ1n) is 10.1. The first kappa shape index (κ1) is 22.7. The molecule has 4 heteroatoms. The lowest BCUT2D eigenvalue weighted by Gasteiger charge is -2.20. The molecule has 2 aromatic carbocycles. The highest BCUT2D eigenvalue weighted by Crippen LogP contribution is 2.30. The van der Waals surface area contributed by atoms with Gasteiger partial charge in [-0.2, -0.15) is 0 Å². The average molecular weight is 397 g/mol. The van der Waals surface area contributed by atoms with Crippen molar-refractivity contribution in [1.29, 1.82) is 0 Å². The Bertz CT molecular complexity index is 931. The Hall–Kier alpha value is -2.62. The molecule has 0 bridgehead atoms. The third-order valence-electron chi connectivity index (χ3n) is 6.84. The lowest BCUT2D eigenvalue weighted by atomic mass is 9.84. The van der Waals surface area contributed by atoms with Gasteiger partial charge < -0.3 is 10.2 Å². The summed E-state index contributed by atoms with van der Waals surface area (Å²) >= 11 is 0. The van der Waals surface area contributed by atoms with Crippen molar-refractivity contribution in [3.63, 3.8) is 0 Å². The Morgan fingerprint density at radius 1 is 0.517 bits per heavy atom. The van der Waals surface area contributed by atoms with Crippen molar-refractivity contribution in [2.75, 3.05) is 0 Å². The number of aromatic carboxylic acids is 2. The summed E-state index contributed by atoms with van der Waals surface area (Å²) in [6, 6.07) is 0. The van der Waals surface area contributed by atoms with Crippen molar-refractivity contribution in [1.82, 2.24) is 0 Å². The Kier molecular flexibility index (Phi) is 6.56. The molecule has 0 unspecified atom stereocenters. The van der Waals surface area contributed by atoms with E-state index in [4.69, 9.17) is 0 Å². The highest BCUT2D eigenvalue weighted by Gasteiger charge is 2.21. The smallest absolute Gasteiger partial charge is 0.336 e. The van der Waals surface area contributed by atoms with E-state index >= 15 is 0 Å².